The van der Waals surface area contributed by atoms with Crippen LogP contribution in [0.4, 0.5) is 22.7 Å². The summed E-state index contributed by atoms with van der Waals surface area (Å²) in [5.41, 5.74) is 4.44. The molecule has 0 spiro atoms. The summed E-state index contributed by atoms with van der Waals surface area (Å²) in [6.45, 7) is 0. The summed E-state index contributed by atoms with van der Waals surface area (Å²) in [6, 6.07) is 43.4. The van der Waals surface area contributed by atoms with E-state index < -0.39 is 0 Å². The Morgan fingerprint density at radius 3 is 1.13 bits per heavy atom. The Labute approximate surface area is 227 Å². The molecule has 6 aromatic carbocycles. The van der Waals surface area contributed by atoms with Crippen molar-refractivity contribution in [3.63, 3.8) is 0 Å². The lowest BCUT2D eigenvalue weighted by Gasteiger charge is -2.06. The molecule has 0 aliphatic carbocycles. The molecule has 0 aliphatic heterocycles. The van der Waals surface area contributed by atoms with Crippen LogP contribution in [0, 0.1) is 0 Å². The van der Waals surface area contributed by atoms with Crippen molar-refractivity contribution in [3.8, 4) is 0 Å². The van der Waals surface area contributed by atoms with Crippen LogP contribution in [0.1, 0.15) is 0 Å². The minimum absolute atomic E-state index is 1.10. The van der Waals surface area contributed by atoms with Crippen LogP contribution < -0.4 is 10.6 Å². The Kier molecular flexibility index (Phi) is 4.90. The van der Waals surface area contributed by atoms with Crippen molar-refractivity contribution in [2.24, 2.45) is 0 Å². The minimum atomic E-state index is 1.10. The average molecular weight is 523 g/mol. The molecular formula is C34H22N2S2. The van der Waals surface area contributed by atoms with Gasteiger partial charge in [-0.05, 0) is 48.5 Å². The molecule has 2 heterocycles. The molecule has 2 nitrogen and oxygen atoms in total. The van der Waals surface area contributed by atoms with Crippen LogP contribution in [0.15, 0.2) is 121 Å². The number of hydrogen-bond donors (Lipinski definition) is 2. The maximum atomic E-state index is 3.54. The standard InChI is InChI=1S/C34H22N2S2/c1-3-7-21(8-4-1)35-23-11-13-25-27-15-17-30-29(33(27)37-31(25)19-23)18-16-28-26-14-12-24(20-32(26)38-34(28)30)36-22-9-5-2-6-10-22/h1-20,35-36H. The van der Waals surface area contributed by atoms with Gasteiger partial charge in [0.1, 0.15) is 0 Å². The van der Waals surface area contributed by atoms with Gasteiger partial charge in [-0.2, -0.15) is 0 Å². The summed E-state index contributed by atoms with van der Waals surface area (Å²) < 4.78 is 5.34. The fraction of sp³-hybridized carbons (Fsp3) is 0. The van der Waals surface area contributed by atoms with Crippen molar-refractivity contribution < 1.29 is 0 Å². The predicted octanol–water partition coefficient (Wildman–Crippen LogP) is 11.1. The molecule has 0 saturated heterocycles. The highest BCUT2D eigenvalue weighted by Crippen LogP contribution is 2.45. The predicted molar refractivity (Wildman–Crippen MR) is 169 cm³/mol. The van der Waals surface area contributed by atoms with E-state index in [9.17, 15) is 0 Å². The van der Waals surface area contributed by atoms with Gasteiger partial charge in [-0.25, -0.2) is 0 Å². The molecule has 0 aliphatic rings. The molecule has 0 saturated carbocycles. The number of nitrogens with one attached hydrogen (secondary N) is 2. The fourth-order valence-electron chi connectivity index (χ4n) is 5.40. The molecule has 180 valence electrons. The Bertz CT molecular complexity index is 1970. The molecule has 0 unspecified atom stereocenters. The minimum Gasteiger partial charge on any atom is -0.355 e. The van der Waals surface area contributed by atoms with Gasteiger partial charge in [0.2, 0.25) is 0 Å². The van der Waals surface area contributed by atoms with Gasteiger partial charge in [0.25, 0.3) is 0 Å². The van der Waals surface area contributed by atoms with Crippen LogP contribution >= 0.6 is 22.7 Å². The summed E-state index contributed by atoms with van der Waals surface area (Å²) in [5, 5.41) is 15.1. The van der Waals surface area contributed by atoms with Gasteiger partial charge < -0.3 is 10.6 Å². The van der Waals surface area contributed by atoms with Crippen molar-refractivity contribution in [2.75, 3.05) is 10.6 Å². The molecule has 0 atom stereocenters. The molecule has 4 heteroatoms. The van der Waals surface area contributed by atoms with E-state index in [4.69, 9.17) is 0 Å². The van der Waals surface area contributed by atoms with Crippen LogP contribution in [0.25, 0.3) is 51.1 Å². The second-order valence-corrected chi connectivity index (χ2v) is 11.7. The number of rotatable bonds is 4. The van der Waals surface area contributed by atoms with Gasteiger partial charge in [0.15, 0.2) is 0 Å². The molecule has 0 amide bonds. The van der Waals surface area contributed by atoms with Crippen LogP contribution in [0.5, 0.6) is 0 Å². The summed E-state index contributed by atoms with van der Waals surface area (Å²) in [5.74, 6) is 0. The number of para-hydroxylation sites is 2. The Balaban J connectivity index is 1.25. The van der Waals surface area contributed by atoms with E-state index in [1.807, 2.05) is 34.8 Å². The zero-order valence-electron chi connectivity index (χ0n) is 20.4. The Hall–Kier alpha value is -4.38. The number of thiophene rings is 2. The van der Waals surface area contributed by atoms with Gasteiger partial charge >= 0.3 is 0 Å². The molecule has 2 N–H and O–H groups in total. The zero-order chi connectivity index (χ0) is 25.1. The van der Waals surface area contributed by atoms with E-state index in [2.05, 4.69) is 120 Å². The number of benzene rings is 6. The Morgan fingerprint density at radius 1 is 0.342 bits per heavy atom. The third kappa shape index (κ3) is 3.53. The van der Waals surface area contributed by atoms with Gasteiger partial charge in [-0.15, -0.1) is 22.7 Å². The summed E-state index contributed by atoms with van der Waals surface area (Å²) in [4.78, 5) is 0. The molecule has 0 radical (unpaired) electrons. The van der Waals surface area contributed by atoms with Crippen molar-refractivity contribution >= 4 is 96.5 Å². The monoisotopic (exact) mass is 522 g/mol. The molecular weight excluding hydrogens is 501 g/mol. The smallest absolute Gasteiger partial charge is 0.0434 e. The van der Waals surface area contributed by atoms with Gasteiger partial charge in [-0.3, -0.25) is 0 Å². The summed E-state index contributed by atoms with van der Waals surface area (Å²) in [6.07, 6.45) is 0. The van der Waals surface area contributed by atoms with E-state index in [1.165, 1.54) is 51.1 Å². The van der Waals surface area contributed by atoms with Crippen molar-refractivity contribution in [3.05, 3.63) is 121 Å². The van der Waals surface area contributed by atoms with Crippen molar-refractivity contribution in [2.45, 2.75) is 0 Å². The fourth-order valence-corrected chi connectivity index (χ4v) is 7.94. The molecule has 8 rings (SSSR count). The van der Waals surface area contributed by atoms with E-state index in [0.29, 0.717) is 0 Å². The maximum Gasteiger partial charge on any atom is 0.0434 e. The van der Waals surface area contributed by atoms with Crippen LogP contribution in [0.3, 0.4) is 0 Å². The van der Waals surface area contributed by atoms with Crippen LogP contribution in [-0.2, 0) is 0 Å². The Morgan fingerprint density at radius 2 is 0.711 bits per heavy atom. The second kappa shape index (κ2) is 8.59. The van der Waals surface area contributed by atoms with Crippen LogP contribution in [-0.4, -0.2) is 0 Å². The van der Waals surface area contributed by atoms with E-state index in [-0.39, 0.29) is 0 Å². The first-order chi connectivity index (χ1) is 18.8. The first-order valence-corrected chi connectivity index (χ1v) is 14.3. The third-order valence-electron chi connectivity index (χ3n) is 7.19. The van der Waals surface area contributed by atoms with E-state index in [0.717, 1.165) is 22.7 Å². The maximum absolute atomic E-state index is 3.54. The zero-order valence-corrected chi connectivity index (χ0v) is 22.0. The quantitative estimate of drug-likeness (QED) is 0.240. The normalized spacial score (nSPS) is 11.7. The summed E-state index contributed by atoms with van der Waals surface area (Å²) in [7, 11) is 0. The molecule has 2 aromatic heterocycles. The molecule has 38 heavy (non-hydrogen) atoms. The van der Waals surface area contributed by atoms with E-state index >= 15 is 0 Å². The lowest BCUT2D eigenvalue weighted by Crippen LogP contribution is -1.88. The van der Waals surface area contributed by atoms with Crippen molar-refractivity contribution in [1.29, 1.82) is 0 Å². The molecule has 8 aromatic rings. The highest BCUT2D eigenvalue weighted by molar-refractivity contribution is 7.28. The molecule has 0 fully saturated rings. The number of hydrogen-bond acceptors (Lipinski definition) is 4. The van der Waals surface area contributed by atoms with Gasteiger partial charge in [0.05, 0.1) is 0 Å². The summed E-state index contributed by atoms with van der Waals surface area (Å²) >= 11 is 3.78. The lowest BCUT2D eigenvalue weighted by atomic mass is 10.0. The first kappa shape index (κ1) is 21.7. The number of fused-ring (bicyclic) bond motifs is 9. The topological polar surface area (TPSA) is 24.1 Å². The van der Waals surface area contributed by atoms with Gasteiger partial charge in [0, 0.05) is 73.9 Å². The van der Waals surface area contributed by atoms with E-state index in [1.54, 1.807) is 0 Å². The second-order valence-electron chi connectivity index (χ2n) is 9.59. The highest BCUT2D eigenvalue weighted by Gasteiger charge is 2.14. The largest absolute Gasteiger partial charge is 0.355 e. The van der Waals surface area contributed by atoms with Crippen LogP contribution in [0.2, 0.25) is 0 Å². The molecule has 0 bridgehead atoms. The third-order valence-corrected chi connectivity index (χ3v) is 9.60. The highest BCUT2D eigenvalue weighted by atomic mass is 32.1. The SMILES string of the molecule is c1ccc(Nc2ccc3c(c2)sc2c3ccc3c2ccc2c4ccc(Nc5ccccc5)cc4sc23)cc1. The van der Waals surface area contributed by atoms with Crippen molar-refractivity contribution in [1.82, 2.24) is 0 Å². The lowest BCUT2D eigenvalue weighted by molar-refractivity contribution is 1.57. The van der Waals surface area contributed by atoms with Gasteiger partial charge in [-0.1, -0.05) is 72.8 Å². The number of anilines is 4. The first-order valence-electron chi connectivity index (χ1n) is 12.7. The average Bonchev–Trinajstić information content (AvgIpc) is 3.52.